The van der Waals surface area contributed by atoms with E-state index >= 15 is 0 Å². The van der Waals surface area contributed by atoms with Crippen molar-refractivity contribution in [1.82, 2.24) is 4.72 Å². The van der Waals surface area contributed by atoms with Crippen LogP contribution in [0.3, 0.4) is 0 Å². The Bertz CT molecular complexity index is 246. The third-order valence-corrected chi connectivity index (χ3v) is 2.53. The van der Waals surface area contributed by atoms with Gasteiger partial charge < -0.3 is 0 Å². The van der Waals surface area contributed by atoms with Crippen LogP contribution in [0.25, 0.3) is 0 Å². The first-order valence-corrected chi connectivity index (χ1v) is 5.67. The van der Waals surface area contributed by atoms with E-state index in [2.05, 4.69) is 15.8 Å². The molecule has 0 spiro atoms. The van der Waals surface area contributed by atoms with E-state index in [9.17, 15) is 8.42 Å². The molecule has 0 rings (SSSR count). The van der Waals surface area contributed by atoms with Crippen molar-refractivity contribution in [3.8, 4) is 0 Å². The topological polar surface area (TPSA) is 55.4 Å². The Morgan fingerprint density at radius 3 is 2.62 bits per heavy atom. The molecule has 0 saturated heterocycles. The number of allylic oxidation sites excluding steroid dienone is 1. The van der Waals surface area contributed by atoms with E-state index in [0.717, 1.165) is 20.0 Å². The van der Waals surface area contributed by atoms with Gasteiger partial charge in [-0.15, -0.1) is 0 Å². The summed E-state index contributed by atoms with van der Waals surface area (Å²) in [6.07, 6.45) is 5.77. The van der Waals surface area contributed by atoms with Crippen molar-refractivity contribution in [1.29, 1.82) is 0 Å². The second-order valence-electron chi connectivity index (χ2n) is 2.74. The van der Waals surface area contributed by atoms with Crippen molar-refractivity contribution in [2.75, 3.05) is 7.11 Å². The molecule has 78 valence electrons. The molecule has 0 aromatic heterocycles. The van der Waals surface area contributed by atoms with E-state index in [1.165, 1.54) is 0 Å². The van der Waals surface area contributed by atoms with E-state index < -0.39 is 10.3 Å². The van der Waals surface area contributed by atoms with Crippen LogP contribution in [0.1, 0.15) is 26.7 Å². The van der Waals surface area contributed by atoms with Crippen LogP contribution in [-0.4, -0.2) is 21.6 Å². The summed E-state index contributed by atoms with van der Waals surface area (Å²) in [5.41, 5.74) is 0. The van der Waals surface area contributed by atoms with E-state index in [1.54, 1.807) is 13.0 Å². The van der Waals surface area contributed by atoms with Gasteiger partial charge in [0.1, 0.15) is 0 Å². The molecule has 0 heterocycles. The van der Waals surface area contributed by atoms with Gasteiger partial charge >= 0.3 is 10.3 Å². The normalized spacial score (nSPS) is 15.0. The molecule has 0 aromatic carbocycles. The van der Waals surface area contributed by atoms with Crippen molar-refractivity contribution in [2.45, 2.75) is 32.7 Å². The molecule has 0 aliphatic carbocycles. The van der Waals surface area contributed by atoms with Gasteiger partial charge in [0, 0.05) is 6.04 Å². The SMILES string of the molecule is CCC/C=C/C(C)NS(=O)(=O)OC. The van der Waals surface area contributed by atoms with Gasteiger partial charge in [-0.25, -0.2) is 0 Å². The molecule has 0 bridgehead atoms. The Labute approximate surface area is 80.2 Å². The maximum Gasteiger partial charge on any atom is 0.336 e. The minimum absolute atomic E-state index is 0.225. The number of nitrogens with one attached hydrogen (secondary N) is 1. The molecule has 0 amide bonds. The summed E-state index contributed by atoms with van der Waals surface area (Å²) in [5.74, 6) is 0. The van der Waals surface area contributed by atoms with Gasteiger partial charge in [-0.2, -0.15) is 13.1 Å². The molecular weight excluding hydrogens is 190 g/mol. The first-order valence-electron chi connectivity index (χ1n) is 4.26. The maximum atomic E-state index is 10.9. The highest BCUT2D eigenvalue weighted by molar-refractivity contribution is 7.84. The van der Waals surface area contributed by atoms with Crippen LogP contribution in [0.5, 0.6) is 0 Å². The zero-order valence-corrected chi connectivity index (χ0v) is 9.10. The fourth-order valence-corrected chi connectivity index (χ4v) is 1.41. The lowest BCUT2D eigenvalue weighted by molar-refractivity contribution is 0.384. The van der Waals surface area contributed by atoms with Gasteiger partial charge in [0.25, 0.3) is 0 Å². The first-order chi connectivity index (χ1) is 6.02. The first kappa shape index (κ1) is 12.6. The number of hydrogen-bond donors (Lipinski definition) is 1. The summed E-state index contributed by atoms with van der Waals surface area (Å²) in [6.45, 7) is 3.82. The Morgan fingerprint density at radius 1 is 1.54 bits per heavy atom. The van der Waals surface area contributed by atoms with E-state index in [-0.39, 0.29) is 6.04 Å². The van der Waals surface area contributed by atoms with Crippen molar-refractivity contribution in [3.05, 3.63) is 12.2 Å². The highest BCUT2D eigenvalue weighted by Crippen LogP contribution is 1.94. The van der Waals surface area contributed by atoms with Crippen LogP contribution in [0, 0.1) is 0 Å². The lowest BCUT2D eigenvalue weighted by Crippen LogP contribution is -2.31. The van der Waals surface area contributed by atoms with Crippen LogP contribution < -0.4 is 4.72 Å². The van der Waals surface area contributed by atoms with Crippen molar-refractivity contribution >= 4 is 10.3 Å². The second-order valence-corrected chi connectivity index (χ2v) is 4.22. The van der Waals surface area contributed by atoms with Gasteiger partial charge in [-0.05, 0) is 13.3 Å². The fraction of sp³-hybridized carbons (Fsp3) is 0.750. The minimum atomic E-state index is -3.56. The minimum Gasteiger partial charge on any atom is -0.261 e. The molecule has 5 heteroatoms. The van der Waals surface area contributed by atoms with Crippen LogP contribution in [0.4, 0.5) is 0 Å². The Hall–Kier alpha value is -0.390. The number of hydrogen-bond acceptors (Lipinski definition) is 3. The average molecular weight is 207 g/mol. The van der Waals surface area contributed by atoms with Gasteiger partial charge in [0.2, 0.25) is 0 Å². The molecule has 0 aliphatic rings. The Morgan fingerprint density at radius 2 is 2.15 bits per heavy atom. The summed E-state index contributed by atoms with van der Waals surface area (Å²) in [4.78, 5) is 0. The largest absolute Gasteiger partial charge is 0.336 e. The third-order valence-electron chi connectivity index (χ3n) is 1.43. The van der Waals surface area contributed by atoms with Gasteiger partial charge in [-0.1, -0.05) is 25.5 Å². The van der Waals surface area contributed by atoms with Crippen molar-refractivity contribution in [3.63, 3.8) is 0 Å². The third kappa shape index (κ3) is 6.74. The van der Waals surface area contributed by atoms with Crippen LogP contribution in [0.15, 0.2) is 12.2 Å². The summed E-state index contributed by atoms with van der Waals surface area (Å²) in [5, 5.41) is 0. The number of unbranched alkanes of at least 4 members (excludes halogenated alkanes) is 1. The average Bonchev–Trinajstić information content (AvgIpc) is 2.04. The number of rotatable bonds is 6. The fourth-order valence-electron chi connectivity index (χ4n) is 0.782. The summed E-state index contributed by atoms with van der Waals surface area (Å²) in [6, 6.07) is -0.225. The molecule has 1 N–H and O–H groups in total. The summed E-state index contributed by atoms with van der Waals surface area (Å²) < 4.78 is 28.3. The smallest absolute Gasteiger partial charge is 0.261 e. The molecule has 0 aliphatic heterocycles. The highest BCUT2D eigenvalue weighted by atomic mass is 32.2. The van der Waals surface area contributed by atoms with Crippen LogP contribution in [0.2, 0.25) is 0 Å². The van der Waals surface area contributed by atoms with Gasteiger partial charge in [0.15, 0.2) is 0 Å². The van der Waals surface area contributed by atoms with E-state index in [0.29, 0.717) is 0 Å². The predicted molar refractivity (Wildman–Crippen MR) is 52.6 cm³/mol. The maximum absolute atomic E-state index is 10.9. The summed E-state index contributed by atoms with van der Waals surface area (Å²) >= 11 is 0. The predicted octanol–water partition coefficient (Wildman–Crippen LogP) is 1.21. The summed E-state index contributed by atoms with van der Waals surface area (Å²) in [7, 11) is -2.43. The van der Waals surface area contributed by atoms with Crippen molar-refractivity contribution < 1.29 is 12.6 Å². The zero-order chi connectivity index (χ0) is 10.3. The van der Waals surface area contributed by atoms with E-state index in [4.69, 9.17) is 0 Å². The molecule has 0 fully saturated rings. The Balaban J connectivity index is 3.94. The van der Waals surface area contributed by atoms with Crippen LogP contribution in [-0.2, 0) is 14.5 Å². The standard InChI is InChI=1S/C8H17NO3S/c1-4-5-6-7-8(2)9-13(10,11)12-3/h6-9H,4-5H2,1-3H3/b7-6+. The highest BCUT2D eigenvalue weighted by Gasteiger charge is 2.09. The molecule has 1 unspecified atom stereocenters. The van der Waals surface area contributed by atoms with Crippen molar-refractivity contribution in [2.24, 2.45) is 0 Å². The Kier molecular flexibility index (Phi) is 5.94. The molecule has 1 atom stereocenters. The molecule has 4 nitrogen and oxygen atoms in total. The van der Waals surface area contributed by atoms with Gasteiger partial charge in [0.05, 0.1) is 7.11 Å². The molecule has 13 heavy (non-hydrogen) atoms. The van der Waals surface area contributed by atoms with Crippen LogP contribution >= 0.6 is 0 Å². The van der Waals surface area contributed by atoms with E-state index in [1.807, 2.05) is 6.08 Å². The molecule has 0 aromatic rings. The molecule has 0 saturated carbocycles. The molecule has 0 radical (unpaired) electrons. The zero-order valence-electron chi connectivity index (χ0n) is 8.28. The lowest BCUT2D eigenvalue weighted by atomic mass is 10.2. The molecular formula is C8H17NO3S. The van der Waals surface area contributed by atoms with Gasteiger partial charge in [-0.3, -0.25) is 4.18 Å². The second kappa shape index (κ2) is 6.12. The quantitative estimate of drug-likeness (QED) is 0.666. The monoisotopic (exact) mass is 207 g/mol. The lowest BCUT2D eigenvalue weighted by Gasteiger charge is -2.07.